The van der Waals surface area contributed by atoms with Gasteiger partial charge >= 0.3 is 0 Å². The van der Waals surface area contributed by atoms with Gasteiger partial charge in [-0.05, 0) is 56.1 Å². The summed E-state index contributed by atoms with van der Waals surface area (Å²) < 4.78 is 1.73. The second-order valence-electron chi connectivity index (χ2n) is 10.0. The number of hydrogen-bond donors (Lipinski definition) is 2. The molecule has 0 radical (unpaired) electrons. The Labute approximate surface area is 238 Å². The van der Waals surface area contributed by atoms with Gasteiger partial charge in [-0.2, -0.15) is 5.10 Å². The largest absolute Gasteiger partial charge is 0.359 e. The standard InChI is InChI=1S/C29H36N8O2S/c1-5-35(6-2)19(3)16-31-29(39)21-14-24(33-26(15-21)36-11-9-20(18-36)28(38)30-4)22-17-32-37-12-10-23(34-27(22)37)25-8-7-13-40-25/h7-8,10,12-15,17,19-20H,5-6,9,11,16,18H2,1-4H3,(H,30,38)(H,31,39)/t19-,20-/m0/s1. The highest BCUT2D eigenvalue weighted by Gasteiger charge is 2.29. The Hall–Kier alpha value is -3.83. The third kappa shape index (κ3) is 5.71. The first-order valence-corrected chi connectivity index (χ1v) is 14.7. The molecule has 0 bridgehead atoms. The molecule has 5 rings (SSSR count). The molecular formula is C29H36N8O2S. The lowest BCUT2D eigenvalue weighted by Crippen LogP contribution is -2.42. The molecule has 5 heterocycles. The summed E-state index contributed by atoms with van der Waals surface area (Å²) in [5, 5.41) is 12.4. The van der Waals surface area contributed by atoms with E-state index < -0.39 is 0 Å². The molecule has 210 valence electrons. The minimum absolute atomic E-state index is 0.0231. The van der Waals surface area contributed by atoms with Gasteiger partial charge in [-0.25, -0.2) is 14.5 Å². The number of nitrogens with one attached hydrogen (secondary N) is 2. The van der Waals surface area contributed by atoms with E-state index in [2.05, 4.69) is 46.3 Å². The molecule has 0 aliphatic carbocycles. The Kier molecular flexibility index (Phi) is 8.41. The fourth-order valence-electron chi connectivity index (χ4n) is 5.26. The van der Waals surface area contributed by atoms with Crippen LogP contribution in [0.1, 0.15) is 37.6 Å². The van der Waals surface area contributed by atoms with Gasteiger partial charge < -0.3 is 15.5 Å². The lowest BCUT2D eigenvalue weighted by atomic mass is 10.1. The molecule has 0 aromatic carbocycles. The van der Waals surface area contributed by atoms with Crippen molar-refractivity contribution in [2.75, 3.05) is 44.7 Å². The van der Waals surface area contributed by atoms with Crippen molar-refractivity contribution < 1.29 is 9.59 Å². The van der Waals surface area contributed by atoms with Crippen LogP contribution in [0.4, 0.5) is 5.82 Å². The van der Waals surface area contributed by atoms with Crippen molar-refractivity contribution in [1.29, 1.82) is 0 Å². The van der Waals surface area contributed by atoms with Crippen LogP contribution in [-0.2, 0) is 4.79 Å². The monoisotopic (exact) mass is 560 g/mol. The lowest BCUT2D eigenvalue weighted by molar-refractivity contribution is -0.123. The molecule has 40 heavy (non-hydrogen) atoms. The molecule has 0 unspecified atom stereocenters. The summed E-state index contributed by atoms with van der Waals surface area (Å²) >= 11 is 1.63. The van der Waals surface area contributed by atoms with Crippen LogP contribution >= 0.6 is 11.3 Å². The fraction of sp³-hybridized carbons (Fsp3) is 0.414. The zero-order valence-corrected chi connectivity index (χ0v) is 24.2. The number of rotatable bonds is 10. The summed E-state index contributed by atoms with van der Waals surface area (Å²) in [4.78, 5) is 41.1. The maximum absolute atomic E-state index is 13.5. The number of carbonyl (C=O) groups is 2. The highest BCUT2D eigenvalue weighted by Crippen LogP contribution is 2.30. The zero-order chi connectivity index (χ0) is 28.2. The molecule has 1 fully saturated rings. The Morgan fingerprint density at radius 1 is 1.18 bits per heavy atom. The van der Waals surface area contributed by atoms with Crippen LogP contribution in [0.5, 0.6) is 0 Å². The minimum Gasteiger partial charge on any atom is -0.359 e. The van der Waals surface area contributed by atoms with Gasteiger partial charge in [0.15, 0.2) is 5.65 Å². The normalized spacial score (nSPS) is 16.0. The molecule has 4 aromatic heterocycles. The van der Waals surface area contributed by atoms with Gasteiger partial charge in [-0.3, -0.25) is 14.5 Å². The number of amides is 2. The predicted molar refractivity (Wildman–Crippen MR) is 159 cm³/mol. The number of hydrogen-bond acceptors (Lipinski definition) is 8. The van der Waals surface area contributed by atoms with E-state index >= 15 is 0 Å². The van der Waals surface area contributed by atoms with Gasteiger partial charge in [0.25, 0.3) is 5.91 Å². The molecule has 2 atom stereocenters. The van der Waals surface area contributed by atoms with Crippen molar-refractivity contribution in [3.8, 4) is 21.8 Å². The molecular weight excluding hydrogens is 524 g/mol. The van der Waals surface area contributed by atoms with Crippen LogP contribution in [0.15, 0.2) is 48.1 Å². The van der Waals surface area contributed by atoms with E-state index in [0.717, 1.165) is 35.6 Å². The highest BCUT2D eigenvalue weighted by atomic mass is 32.1. The number of thiophene rings is 1. The van der Waals surface area contributed by atoms with Crippen molar-refractivity contribution in [1.82, 2.24) is 35.1 Å². The number of carbonyl (C=O) groups excluding carboxylic acids is 2. The summed E-state index contributed by atoms with van der Waals surface area (Å²) in [6.45, 7) is 9.99. The zero-order valence-electron chi connectivity index (χ0n) is 23.4. The molecule has 2 N–H and O–H groups in total. The van der Waals surface area contributed by atoms with Crippen molar-refractivity contribution in [2.45, 2.75) is 33.2 Å². The molecule has 1 saturated heterocycles. The summed E-state index contributed by atoms with van der Waals surface area (Å²) in [6.07, 6.45) is 4.37. The smallest absolute Gasteiger partial charge is 0.251 e. The maximum Gasteiger partial charge on any atom is 0.251 e. The van der Waals surface area contributed by atoms with E-state index in [0.29, 0.717) is 42.4 Å². The van der Waals surface area contributed by atoms with Gasteiger partial charge in [0.1, 0.15) is 5.82 Å². The van der Waals surface area contributed by atoms with Gasteiger partial charge in [0.05, 0.1) is 33.9 Å². The summed E-state index contributed by atoms with van der Waals surface area (Å²) in [5.74, 6) is 0.416. The van der Waals surface area contributed by atoms with E-state index in [-0.39, 0.29) is 23.8 Å². The quantitative estimate of drug-likeness (QED) is 0.305. The van der Waals surface area contributed by atoms with E-state index in [1.165, 1.54) is 0 Å². The average molecular weight is 561 g/mol. The van der Waals surface area contributed by atoms with Crippen molar-refractivity contribution in [2.24, 2.45) is 5.92 Å². The van der Waals surface area contributed by atoms with E-state index in [1.54, 1.807) is 29.1 Å². The Balaban J connectivity index is 1.51. The number of anilines is 1. The van der Waals surface area contributed by atoms with Crippen LogP contribution in [0.25, 0.3) is 27.5 Å². The number of fused-ring (bicyclic) bond motifs is 1. The van der Waals surface area contributed by atoms with Crippen molar-refractivity contribution >= 4 is 34.6 Å². The number of aromatic nitrogens is 4. The average Bonchev–Trinajstić information content (AvgIpc) is 3.76. The third-order valence-electron chi connectivity index (χ3n) is 7.62. The summed E-state index contributed by atoms with van der Waals surface area (Å²) in [7, 11) is 1.66. The highest BCUT2D eigenvalue weighted by molar-refractivity contribution is 7.13. The Morgan fingerprint density at radius 3 is 2.73 bits per heavy atom. The first kappa shape index (κ1) is 27.7. The lowest BCUT2D eigenvalue weighted by Gasteiger charge is -2.26. The second-order valence-corrected chi connectivity index (χ2v) is 11.0. The topological polar surface area (TPSA) is 108 Å². The molecule has 0 spiro atoms. The van der Waals surface area contributed by atoms with Gasteiger partial charge in [-0.15, -0.1) is 11.3 Å². The SMILES string of the molecule is CCN(CC)[C@@H](C)CNC(=O)c1cc(-c2cnn3ccc(-c4cccs4)nc23)nc(N2CC[C@H](C(=O)NC)C2)c1. The third-order valence-corrected chi connectivity index (χ3v) is 8.51. The molecule has 0 saturated carbocycles. The number of pyridine rings is 1. The van der Waals surface area contributed by atoms with Gasteiger partial charge in [-0.1, -0.05) is 19.9 Å². The molecule has 4 aromatic rings. The van der Waals surface area contributed by atoms with E-state index in [9.17, 15) is 9.59 Å². The Morgan fingerprint density at radius 2 is 2.00 bits per heavy atom. The minimum atomic E-state index is -0.158. The van der Waals surface area contributed by atoms with E-state index in [4.69, 9.17) is 9.97 Å². The van der Waals surface area contributed by atoms with Crippen LogP contribution < -0.4 is 15.5 Å². The maximum atomic E-state index is 13.5. The summed E-state index contributed by atoms with van der Waals surface area (Å²) in [6, 6.07) is 9.83. The summed E-state index contributed by atoms with van der Waals surface area (Å²) in [5.41, 5.74) is 3.41. The van der Waals surface area contributed by atoms with Crippen molar-refractivity contribution in [3.63, 3.8) is 0 Å². The number of nitrogens with zero attached hydrogens (tertiary/aromatic N) is 6. The van der Waals surface area contributed by atoms with Crippen LogP contribution in [0.3, 0.4) is 0 Å². The predicted octanol–water partition coefficient (Wildman–Crippen LogP) is 3.55. The molecule has 2 amide bonds. The van der Waals surface area contributed by atoms with Crippen LogP contribution in [-0.4, -0.2) is 82.1 Å². The number of likely N-dealkylation sites (N-methyl/N-ethyl adjacent to an activating group) is 1. The molecule has 11 heteroatoms. The molecule has 1 aliphatic rings. The molecule has 10 nitrogen and oxygen atoms in total. The van der Waals surface area contributed by atoms with Crippen LogP contribution in [0.2, 0.25) is 0 Å². The van der Waals surface area contributed by atoms with Gasteiger partial charge in [0, 0.05) is 44.5 Å². The molecule has 1 aliphatic heterocycles. The van der Waals surface area contributed by atoms with Gasteiger partial charge in [0.2, 0.25) is 5.91 Å². The second kappa shape index (κ2) is 12.1. The Bertz CT molecular complexity index is 1480. The van der Waals surface area contributed by atoms with E-state index in [1.807, 2.05) is 41.9 Å². The first-order valence-electron chi connectivity index (χ1n) is 13.8. The van der Waals surface area contributed by atoms with Crippen LogP contribution in [0, 0.1) is 5.92 Å². The van der Waals surface area contributed by atoms with Crippen molar-refractivity contribution in [3.05, 3.63) is 53.7 Å². The fourth-order valence-corrected chi connectivity index (χ4v) is 5.96. The first-order chi connectivity index (χ1) is 19.4.